The second-order valence-electron chi connectivity index (χ2n) is 3.83. The Morgan fingerprint density at radius 3 is 1.58 bits per heavy atom. The quantitative estimate of drug-likeness (QED) is 0.372. The highest BCUT2D eigenvalue weighted by Crippen LogP contribution is 2.53. The molecule has 0 aromatic carbocycles. The molecule has 0 aliphatic heterocycles. The summed E-state index contributed by atoms with van der Waals surface area (Å²) < 4.78 is 111. The Bertz CT molecular complexity index is 312. The van der Waals surface area contributed by atoms with E-state index in [1.165, 1.54) is 0 Å². The third-order valence-electron chi connectivity index (χ3n) is 2.30. The van der Waals surface area contributed by atoms with E-state index in [4.69, 9.17) is 0 Å². The average molecular weight is 302 g/mol. The Morgan fingerprint density at radius 2 is 1.26 bits per heavy atom. The maximum Gasteiger partial charge on any atom is 0.457 e. The summed E-state index contributed by atoms with van der Waals surface area (Å²) in [7, 11) is 0. The monoisotopic (exact) mass is 302 g/mol. The summed E-state index contributed by atoms with van der Waals surface area (Å²) in [6, 6.07) is 0. The molecule has 0 N–H and O–H groups in total. The summed E-state index contributed by atoms with van der Waals surface area (Å²) >= 11 is 0. The number of alkyl halides is 9. The van der Waals surface area contributed by atoms with Crippen LogP contribution in [0.5, 0.6) is 0 Å². The first-order chi connectivity index (χ1) is 8.31. The summed E-state index contributed by atoms with van der Waals surface area (Å²) in [6.45, 7) is 1.62. The van der Waals surface area contributed by atoms with Crippen molar-refractivity contribution in [3.8, 4) is 0 Å². The van der Waals surface area contributed by atoms with E-state index in [2.05, 4.69) is 0 Å². The molecule has 0 aliphatic carbocycles. The molecule has 0 spiro atoms. The van der Waals surface area contributed by atoms with Crippen molar-refractivity contribution < 1.29 is 39.5 Å². The molecule has 1 unspecified atom stereocenters. The van der Waals surface area contributed by atoms with E-state index in [1.807, 2.05) is 0 Å². The highest BCUT2D eigenvalue weighted by atomic mass is 19.4. The molecule has 0 rings (SSSR count). The van der Waals surface area contributed by atoms with Crippen molar-refractivity contribution in [2.75, 3.05) is 0 Å². The Morgan fingerprint density at radius 1 is 0.789 bits per heavy atom. The molecule has 0 amide bonds. The molecule has 0 aromatic rings. The van der Waals surface area contributed by atoms with Crippen molar-refractivity contribution in [3.05, 3.63) is 12.2 Å². The molecule has 0 heterocycles. The van der Waals surface area contributed by atoms with Gasteiger partial charge in [0.25, 0.3) is 5.67 Å². The van der Waals surface area contributed by atoms with Crippen LogP contribution in [0.25, 0.3) is 0 Å². The zero-order chi connectivity index (χ0) is 15.5. The van der Waals surface area contributed by atoms with E-state index >= 15 is 0 Å². The summed E-state index contributed by atoms with van der Waals surface area (Å²) in [5.41, 5.74) is -5.77. The van der Waals surface area contributed by atoms with Crippen LogP contribution in [0.1, 0.15) is 26.2 Å². The third kappa shape index (κ3) is 3.56. The molecule has 0 fully saturated rings. The zero-order valence-corrected chi connectivity index (χ0v) is 9.68. The predicted molar refractivity (Wildman–Crippen MR) is 49.6 cm³/mol. The summed E-state index contributed by atoms with van der Waals surface area (Å²) in [4.78, 5) is 0. The van der Waals surface area contributed by atoms with Crippen LogP contribution in [-0.2, 0) is 0 Å². The van der Waals surface area contributed by atoms with Crippen molar-refractivity contribution in [2.45, 2.75) is 50.1 Å². The van der Waals surface area contributed by atoms with Gasteiger partial charge in [0.2, 0.25) is 0 Å². The molecular weight excluding hydrogens is 291 g/mol. The highest BCUT2D eigenvalue weighted by molar-refractivity contribution is 5.16. The minimum absolute atomic E-state index is 0.230. The molecule has 0 nitrogen and oxygen atoms in total. The van der Waals surface area contributed by atoms with E-state index in [0.29, 0.717) is 12.5 Å². The molecule has 0 bridgehead atoms. The number of hydrogen-bond donors (Lipinski definition) is 0. The Kier molecular flexibility index (Phi) is 5.36. The van der Waals surface area contributed by atoms with Crippen molar-refractivity contribution in [1.29, 1.82) is 0 Å². The van der Waals surface area contributed by atoms with E-state index in [1.54, 1.807) is 6.92 Å². The lowest BCUT2D eigenvalue weighted by Crippen LogP contribution is -2.61. The lowest BCUT2D eigenvalue weighted by Gasteiger charge is -2.33. The fourth-order valence-electron chi connectivity index (χ4n) is 1.15. The smallest absolute Gasteiger partial charge is 0.222 e. The van der Waals surface area contributed by atoms with E-state index in [0.717, 1.165) is 0 Å². The second-order valence-corrected chi connectivity index (χ2v) is 3.83. The predicted octanol–water partition coefficient (Wildman–Crippen LogP) is 5.20. The van der Waals surface area contributed by atoms with Crippen LogP contribution in [-0.4, -0.2) is 23.9 Å². The fraction of sp³-hybridized carbons (Fsp3) is 0.800. The Labute approximate surface area is 103 Å². The number of halogens is 9. The van der Waals surface area contributed by atoms with Crippen LogP contribution in [0, 0.1) is 0 Å². The molecule has 0 aliphatic rings. The topological polar surface area (TPSA) is 0 Å². The summed E-state index contributed by atoms with van der Waals surface area (Å²) in [5.74, 6) is -6.55. The van der Waals surface area contributed by atoms with Gasteiger partial charge in [-0.15, -0.1) is 0 Å². The third-order valence-corrected chi connectivity index (χ3v) is 2.30. The van der Waals surface area contributed by atoms with Gasteiger partial charge in [-0.1, -0.05) is 25.8 Å². The van der Waals surface area contributed by atoms with E-state index < -0.39 is 30.0 Å². The van der Waals surface area contributed by atoms with Crippen molar-refractivity contribution in [3.63, 3.8) is 0 Å². The van der Waals surface area contributed by atoms with Crippen molar-refractivity contribution >= 4 is 0 Å². The zero-order valence-electron chi connectivity index (χ0n) is 9.68. The first-order valence-electron chi connectivity index (χ1n) is 5.19. The van der Waals surface area contributed by atoms with Crippen LogP contribution < -0.4 is 0 Å². The maximum atomic E-state index is 13.3. The number of unbranched alkanes of at least 4 members (excludes halogenated alkanes) is 2. The molecule has 0 radical (unpaired) electrons. The van der Waals surface area contributed by atoms with Gasteiger partial charge in [-0.2, -0.15) is 35.1 Å². The second kappa shape index (κ2) is 5.62. The highest BCUT2D eigenvalue weighted by Gasteiger charge is 2.79. The maximum absolute atomic E-state index is 13.3. The van der Waals surface area contributed by atoms with E-state index in [-0.39, 0.29) is 12.8 Å². The number of allylic oxidation sites excluding steroid dienone is 2. The van der Waals surface area contributed by atoms with Crippen LogP contribution in [0.2, 0.25) is 0 Å². The fourth-order valence-corrected chi connectivity index (χ4v) is 1.15. The van der Waals surface area contributed by atoms with Crippen LogP contribution in [0.15, 0.2) is 12.2 Å². The van der Waals surface area contributed by atoms with Gasteiger partial charge in [-0.25, -0.2) is 4.39 Å². The van der Waals surface area contributed by atoms with Gasteiger partial charge >= 0.3 is 18.3 Å². The van der Waals surface area contributed by atoms with Gasteiger partial charge in [0, 0.05) is 0 Å². The van der Waals surface area contributed by atoms with Crippen LogP contribution >= 0.6 is 0 Å². The largest absolute Gasteiger partial charge is 0.457 e. The van der Waals surface area contributed by atoms with Gasteiger partial charge < -0.3 is 0 Å². The first kappa shape index (κ1) is 18.1. The number of rotatable bonds is 5. The SMILES string of the molecule is CCCC/C=C/C(F)(C(F)(F)F)C(F)(F)C(F)(F)F. The number of hydrogen-bond acceptors (Lipinski definition) is 0. The molecule has 0 aromatic heterocycles. The molecular formula is C10H11F9. The van der Waals surface area contributed by atoms with Gasteiger partial charge in [-0.05, 0) is 12.5 Å². The van der Waals surface area contributed by atoms with E-state index in [9.17, 15) is 39.5 Å². The van der Waals surface area contributed by atoms with Gasteiger partial charge in [0.1, 0.15) is 0 Å². The summed E-state index contributed by atoms with van der Waals surface area (Å²) in [6.07, 6.45) is -13.0. The molecule has 114 valence electrons. The first-order valence-corrected chi connectivity index (χ1v) is 5.19. The van der Waals surface area contributed by atoms with Gasteiger partial charge in [-0.3, -0.25) is 0 Å². The lowest BCUT2D eigenvalue weighted by molar-refractivity contribution is -0.369. The Hall–Kier alpha value is -0.890. The molecule has 0 saturated heterocycles. The standard InChI is InChI=1S/C10H11F9/c1-2-3-4-5-6-7(11,9(14,15)16)8(12,13)10(17,18)19/h5-6H,2-4H2,1H3/b6-5+. The molecule has 9 heteroatoms. The average Bonchev–Trinajstić information content (AvgIpc) is 2.20. The molecule has 19 heavy (non-hydrogen) atoms. The Balaban J connectivity index is 5.51. The normalized spacial score (nSPS) is 17.8. The minimum atomic E-state index is -6.65. The van der Waals surface area contributed by atoms with Crippen molar-refractivity contribution in [2.24, 2.45) is 0 Å². The van der Waals surface area contributed by atoms with Crippen LogP contribution in [0.3, 0.4) is 0 Å². The van der Waals surface area contributed by atoms with Gasteiger partial charge in [0.05, 0.1) is 0 Å². The van der Waals surface area contributed by atoms with Gasteiger partial charge in [0.15, 0.2) is 0 Å². The van der Waals surface area contributed by atoms with Crippen LogP contribution in [0.4, 0.5) is 39.5 Å². The molecule has 1 atom stereocenters. The summed E-state index contributed by atoms with van der Waals surface area (Å²) in [5, 5.41) is 0. The van der Waals surface area contributed by atoms with Crippen molar-refractivity contribution in [1.82, 2.24) is 0 Å². The molecule has 0 saturated carbocycles. The lowest BCUT2D eigenvalue weighted by atomic mass is 9.95. The minimum Gasteiger partial charge on any atom is -0.222 e.